The zero-order chi connectivity index (χ0) is 20.7. The smallest absolute Gasteiger partial charge is 0.349 e. The summed E-state index contributed by atoms with van der Waals surface area (Å²) in [6.45, 7) is 3.41. The number of hydrogen-bond acceptors (Lipinski definition) is 5. The molecule has 1 fully saturated rings. The van der Waals surface area contributed by atoms with E-state index in [0.717, 1.165) is 24.8 Å². The van der Waals surface area contributed by atoms with E-state index in [1.165, 1.54) is 17.9 Å². The molecule has 0 radical (unpaired) electrons. The second kappa shape index (κ2) is 9.19. The molecule has 1 atom stereocenters. The zero-order valence-corrected chi connectivity index (χ0v) is 16.6. The lowest BCUT2D eigenvalue weighted by Gasteiger charge is -2.39. The molecular formula is C22H25N3O3. The van der Waals surface area contributed by atoms with Gasteiger partial charge in [-0.15, -0.1) is 0 Å². The summed E-state index contributed by atoms with van der Waals surface area (Å²) >= 11 is 0. The summed E-state index contributed by atoms with van der Waals surface area (Å²) in [6, 6.07) is 11.4. The molecule has 1 amide bonds. The molecule has 2 rings (SSSR count). The Labute approximate surface area is 166 Å². The molecule has 1 aromatic rings. The van der Waals surface area contributed by atoms with Gasteiger partial charge in [0.15, 0.2) is 6.10 Å². The highest BCUT2D eigenvalue weighted by molar-refractivity contribution is 5.99. The van der Waals surface area contributed by atoms with Crippen molar-refractivity contribution in [3.8, 4) is 12.1 Å². The number of amides is 1. The van der Waals surface area contributed by atoms with Gasteiger partial charge in [0, 0.05) is 7.05 Å². The fourth-order valence-corrected chi connectivity index (χ4v) is 3.38. The second-order valence-electron chi connectivity index (χ2n) is 7.23. The van der Waals surface area contributed by atoms with Gasteiger partial charge in [-0.1, -0.05) is 49.1 Å². The largest absolute Gasteiger partial charge is 0.448 e. The molecule has 1 aliphatic rings. The molecule has 28 heavy (non-hydrogen) atoms. The zero-order valence-electron chi connectivity index (χ0n) is 16.6. The summed E-state index contributed by atoms with van der Waals surface area (Å²) in [5.74, 6) is -1.29. The average Bonchev–Trinajstić information content (AvgIpc) is 2.72. The van der Waals surface area contributed by atoms with Crippen LogP contribution in [0.25, 0.3) is 6.08 Å². The minimum atomic E-state index is -1.08. The van der Waals surface area contributed by atoms with E-state index in [9.17, 15) is 20.1 Å². The van der Waals surface area contributed by atoms with Crippen molar-refractivity contribution >= 4 is 18.0 Å². The van der Waals surface area contributed by atoms with Crippen LogP contribution >= 0.6 is 0 Å². The second-order valence-corrected chi connectivity index (χ2v) is 7.23. The van der Waals surface area contributed by atoms with Gasteiger partial charge < -0.3 is 9.64 Å². The number of nitriles is 2. The van der Waals surface area contributed by atoms with Crippen molar-refractivity contribution in [1.29, 1.82) is 10.5 Å². The maximum atomic E-state index is 12.7. The predicted molar refractivity (Wildman–Crippen MR) is 105 cm³/mol. The highest BCUT2D eigenvalue weighted by Crippen LogP contribution is 2.33. The van der Waals surface area contributed by atoms with Gasteiger partial charge in [-0.05, 0) is 38.3 Å². The first-order chi connectivity index (χ1) is 13.3. The van der Waals surface area contributed by atoms with Crippen molar-refractivity contribution in [3.05, 3.63) is 41.0 Å². The van der Waals surface area contributed by atoms with E-state index in [-0.39, 0.29) is 5.57 Å². The molecule has 0 saturated heterocycles. The van der Waals surface area contributed by atoms with Crippen LogP contribution in [0.5, 0.6) is 0 Å². The number of ether oxygens (including phenoxy) is 1. The first-order valence-electron chi connectivity index (χ1n) is 9.41. The Bertz CT molecular complexity index is 837. The van der Waals surface area contributed by atoms with Gasteiger partial charge in [0.25, 0.3) is 5.91 Å². The van der Waals surface area contributed by atoms with Crippen LogP contribution in [0.1, 0.15) is 50.2 Å². The molecule has 0 unspecified atom stereocenters. The van der Waals surface area contributed by atoms with E-state index in [2.05, 4.69) is 6.07 Å². The van der Waals surface area contributed by atoms with Crippen LogP contribution in [0.15, 0.2) is 29.8 Å². The van der Waals surface area contributed by atoms with Crippen LogP contribution in [0.4, 0.5) is 0 Å². The van der Waals surface area contributed by atoms with Crippen LogP contribution < -0.4 is 0 Å². The van der Waals surface area contributed by atoms with Gasteiger partial charge in [-0.3, -0.25) is 4.79 Å². The van der Waals surface area contributed by atoms with Gasteiger partial charge in [0.2, 0.25) is 0 Å². The number of likely N-dealkylation sites (N-methyl/N-ethyl adjacent to an activating group) is 1. The van der Waals surface area contributed by atoms with Crippen molar-refractivity contribution in [2.45, 2.75) is 57.6 Å². The van der Waals surface area contributed by atoms with Crippen molar-refractivity contribution in [2.75, 3.05) is 7.05 Å². The first-order valence-corrected chi connectivity index (χ1v) is 9.41. The summed E-state index contributed by atoms with van der Waals surface area (Å²) in [5, 5.41) is 18.9. The van der Waals surface area contributed by atoms with E-state index in [1.807, 2.05) is 25.1 Å². The van der Waals surface area contributed by atoms with Gasteiger partial charge >= 0.3 is 5.97 Å². The molecule has 6 nitrogen and oxygen atoms in total. The summed E-state index contributed by atoms with van der Waals surface area (Å²) in [4.78, 5) is 26.5. The quantitative estimate of drug-likeness (QED) is 0.443. The summed E-state index contributed by atoms with van der Waals surface area (Å²) < 4.78 is 5.23. The van der Waals surface area contributed by atoms with Gasteiger partial charge in [0.05, 0.1) is 6.07 Å². The first kappa shape index (κ1) is 21.2. The normalized spacial score (nSPS) is 17.0. The van der Waals surface area contributed by atoms with Crippen molar-refractivity contribution in [2.24, 2.45) is 0 Å². The number of benzene rings is 1. The molecule has 0 aliphatic heterocycles. The Morgan fingerprint density at radius 1 is 1.18 bits per heavy atom. The molecular weight excluding hydrogens is 354 g/mol. The molecule has 0 spiro atoms. The number of esters is 1. The maximum absolute atomic E-state index is 12.7. The van der Waals surface area contributed by atoms with E-state index < -0.39 is 23.5 Å². The predicted octanol–water partition coefficient (Wildman–Crippen LogP) is 3.52. The van der Waals surface area contributed by atoms with Gasteiger partial charge in [-0.2, -0.15) is 10.5 Å². The molecule has 0 aromatic heterocycles. The molecule has 0 bridgehead atoms. The minimum absolute atomic E-state index is 0.182. The van der Waals surface area contributed by atoms with Crippen LogP contribution in [0.3, 0.4) is 0 Å². The topological polar surface area (TPSA) is 94.2 Å². The monoisotopic (exact) mass is 379 g/mol. The Kier molecular flexibility index (Phi) is 6.95. The lowest BCUT2D eigenvalue weighted by atomic mass is 9.81. The van der Waals surface area contributed by atoms with Gasteiger partial charge in [-0.25, -0.2) is 4.79 Å². The summed E-state index contributed by atoms with van der Waals surface area (Å²) in [6.07, 6.45) is 4.40. The molecule has 1 aromatic carbocycles. The van der Waals surface area contributed by atoms with Crippen LogP contribution in [0.2, 0.25) is 0 Å². The Hall–Kier alpha value is -3.12. The number of carbonyl (C=O) groups is 2. The Morgan fingerprint density at radius 2 is 1.79 bits per heavy atom. The average molecular weight is 379 g/mol. The number of rotatable bonds is 5. The number of aryl methyl sites for hydroxylation is 1. The Morgan fingerprint density at radius 3 is 2.32 bits per heavy atom. The third-order valence-corrected chi connectivity index (χ3v) is 5.22. The van der Waals surface area contributed by atoms with Crippen molar-refractivity contribution in [3.63, 3.8) is 0 Å². The maximum Gasteiger partial charge on any atom is 0.349 e. The van der Waals surface area contributed by atoms with Gasteiger partial charge in [0.1, 0.15) is 17.2 Å². The molecule has 146 valence electrons. The number of hydrogen-bond donors (Lipinski definition) is 0. The fraction of sp³-hybridized carbons (Fsp3) is 0.455. The minimum Gasteiger partial charge on any atom is -0.448 e. The third kappa shape index (κ3) is 4.78. The molecule has 0 N–H and O–H groups in total. The highest BCUT2D eigenvalue weighted by atomic mass is 16.5. The van der Waals surface area contributed by atoms with Crippen molar-refractivity contribution in [1.82, 2.24) is 4.90 Å². The van der Waals surface area contributed by atoms with E-state index in [1.54, 1.807) is 19.2 Å². The number of carbonyl (C=O) groups excluding carboxylic acids is 2. The van der Waals surface area contributed by atoms with E-state index in [0.29, 0.717) is 18.4 Å². The third-order valence-electron chi connectivity index (χ3n) is 5.22. The molecule has 0 heterocycles. The summed E-state index contributed by atoms with van der Waals surface area (Å²) in [5.41, 5.74) is 0.723. The number of nitrogens with zero attached hydrogens (tertiary/aromatic N) is 3. The fourth-order valence-electron chi connectivity index (χ4n) is 3.38. The Balaban J connectivity index is 2.09. The van der Waals surface area contributed by atoms with Crippen LogP contribution in [0, 0.1) is 29.6 Å². The van der Waals surface area contributed by atoms with Crippen LogP contribution in [-0.2, 0) is 14.3 Å². The van der Waals surface area contributed by atoms with E-state index >= 15 is 0 Å². The lowest BCUT2D eigenvalue weighted by Crippen LogP contribution is -2.53. The molecule has 1 aliphatic carbocycles. The van der Waals surface area contributed by atoms with E-state index in [4.69, 9.17) is 4.74 Å². The molecule has 1 saturated carbocycles. The SMILES string of the molecule is Cc1ccc(/C=C(\C#N)C(=O)O[C@H](C)C(=O)N(C)C2(C#N)CCCCC2)cc1. The highest BCUT2D eigenvalue weighted by Gasteiger charge is 2.40. The standard InChI is InChI=1S/C22H25N3O3/c1-16-7-9-18(10-8-16)13-19(14-23)21(27)28-17(2)20(26)25(3)22(15-24)11-5-4-6-12-22/h7-10,13,17H,4-6,11-12H2,1-3H3/b19-13+/t17-/m1/s1. The van der Waals surface area contributed by atoms with Crippen LogP contribution in [-0.4, -0.2) is 35.5 Å². The molecule has 6 heteroatoms. The van der Waals surface area contributed by atoms with Crippen molar-refractivity contribution < 1.29 is 14.3 Å². The summed E-state index contributed by atoms with van der Waals surface area (Å²) in [7, 11) is 1.58. The lowest BCUT2D eigenvalue weighted by molar-refractivity contribution is -0.157.